The lowest BCUT2D eigenvalue weighted by molar-refractivity contribution is 0.269. The molecular weight excluding hydrogens is 306 g/mol. The standard InChI is InChI=1S/C14H22BrN3O/c1-4-14(6-5-7-14)17-11-8-16-18(9-10(2)3)13(19)12(11)15/h8,10,17H,4-7,9H2,1-3H3. The van der Waals surface area contributed by atoms with Crippen LogP contribution in [0.4, 0.5) is 5.69 Å². The van der Waals surface area contributed by atoms with Crippen molar-refractivity contribution in [2.24, 2.45) is 5.92 Å². The first-order chi connectivity index (χ1) is 8.97. The Morgan fingerprint density at radius 1 is 1.53 bits per heavy atom. The number of aromatic nitrogens is 2. The van der Waals surface area contributed by atoms with Crippen LogP contribution in [-0.4, -0.2) is 15.3 Å². The molecule has 1 aromatic heterocycles. The molecule has 0 aromatic carbocycles. The Morgan fingerprint density at radius 2 is 2.21 bits per heavy atom. The predicted molar refractivity (Wildman–Crippen MR) is 81.5 cm³/mol. The summed E-state index contributed by atoms with van der Waals surface area (Å²) >= 11 is 3.42. The highest BCUT2D eigenvalue weighted by Gasteiger charge is 2.35. The van der Waals surface area contributed by atoms with Crippen LogP contribution in [0.5, 0.6) is 0 Å². The molecule has 1 aromatic rings. The van der Waals surface area contributed by atoms with Gasteiger partial charge in [0.05, 0.1) is 11.9 Å². The van der Waals surface area contributed by atoms with Gasteiger partial charge in [0.1, 0.15) is 4.47 Å². The molecule has 0 aliphatic heterocycles. The monoisotopic (exact) mass is 327 g/mol. The molecular formula is C14H22BrN3O. The van der Waals surface area contributed by atoms with E-state index in [1.165, 1.54) is 23.9 Å². The number of hydrogen-bond acceptors (Lipinski definition) is 3. The molecule has 0 radical (unpaired) electrons. The zero-order valence-corrected chi connectivity index (χ0v) is 13.5. The van der Waals surface area contributed by atoms with E-state index >= 15 is 0 Å². The van der Waals surface area contributed by atoms with E-state index in [4.69, 9.17) is 0 Å². The van der Waals surface area contributed by atoms with Crippen molar-refractivity contribution in [2.45, 2.75) is 58.5 Å². The summed E-state index contributed by atoms with van der Waals surface area (Å²) in [5.41, 5.74) is 0.941. The van der Waals surface area contributed by atoms with E-state index in [2.05, 4.69) is 47.1 Å². The van der Waals surface area contributed by atoms with Crippen molar-refractivity contribution < 1.29 is 0 Å². The number of rotatable bonds is 5. The molecule has 4 nitrogen and oxygen atoms in total. The molecule has 106 valence electrons. The molecule has 0 amide bonds. The first-order valence-electron chi connectivity index (χ1n) is 7.01. The zero-order chi connectivity index (χ0) is 14.0. The van der Waals surface area contributed by atoms with Gasteiger partial charge in [-0.3, -0.25) is 4.79 Å². The van der Waals surface area contributed by atoms with Crippen molar-refractivity contribution in [1.82, 2.24) is 9.78 Å². The van der Waals surface area contributed by atoms with E-state index in [0.717, 1.165) is 12.1 Å². The van der Waals surface area contributed by atoms with Crippen molar-refractivity contribution in [3.05, 3.63) is 21.0 Å². The second kappa shape index (κ2) is 5.65. The Balaban J connectivity index is 2.23. The van der Waals surface area contributed by atoms with Crippen LogP contribution in [0.2, 0.25) is 0 Å². The van der Waals surface area contributed by atoms with Crippen LogP contribution in [-0.2, 0) is 6.54 Å². The molecule has 1 fully saturated rings. The summed E-state index contributed by atoms with van der Waals surface area (Å²) in [6, 6.07) is 0. The first-order valence-corrected chi connectivity index (χ1v) is 7.80. The van der Waals surface area contributed by atoms with Crippen LogP contribution in [0, 0.1) is 5.92 Å². The average molecular weight is 328 g/mol. The van der Waals surface area contributed by atoms with Gasteiger partial charge in [-0.15, -0.1) is 0 Å². The van der Waals surface area contributed by atoms with Gasteiger partial charge < -0.3 is 5.32 Å². The maximum atomic E-state index is 12.2. The van der Waals surface area contributed by atoms with Crippen molar-refractivity contribution in [3.8, 4) is 0 Å². The Labute approximate surface area is 122 Å². The third-order valence-electron chi connectivity index (χ3n) is 3.91. The van der Waals surface area contributed by atoms with E-state index < -0.39 is 0 Å². The van der Waals surface area contributed by atoms with E-state index in [1.54, 1.807) is 6.20 Å². The van der Waals surface area contributed by atoms with Crippen LogP contribution in [0.15, 0.2) is 15.5 Å². The summed E-state index contributed by atoms with van der Waals surface area (Å²) in [5.74, 6) is 0.407. The molecule has 19 heavy (non-hydrogen) atoms. The van der Waals surface area contributed by atoms with Gasteiger partial charge in [-0.2, -0.15) is 5.10 Å². The van der Waals surface area contributed by atoms with Crippen molar-refractivity contribution in [2.75, 3.05) is 5.32 Å². The molecule has 0 bridgehead atoms. The van der Waals surface area contributed by atoms with Crippen molar-refractivity contribution in [1.29, 1.82) is 0 Å². The number of halogens is 1. The summed E-state index contributed by atoms with van der Waals surface area (Å²) in [6.07, 6.45) is 6.45. The molecule has 1 aliphatic carbocycles. The Bertz CT molecular complexity index is 500. The molecule has 5 heteroatoms. The van der Waals surface area contributed by atoms with Crippen LogP contribution >= 0.6 is 15.9 Å². The summed E-state index contributed by atoms with van der Waals surface area (Å²) in [6.45, 7) is 6.99. The lowest BCUT2D eigenvalue weighted by Crippen LogP contribution is -2.45. The van der Waals surface area contributed by atoms with Gasteiger partial charge in [0.2, 0.25) is 0 Å². The summed E-state index contributed by atoms with van der Waals surface area (Å²) in [7, 11) is 0. The van der Waals surface area contributed by atoms with E-state index in [0.29, 0.717) is 16.9 Å². The maximum Gasteiger partial charge on any atom is 0.283 e. The predicted octanol–water partition coefficient (Wildman–Crippen LogP) is 3.41. The van der Waals surface area contributed by atoms with E-state index in [9.17, 15) is 4.79 Å². The highest BCUT2D eigenvalue weighted by Crippen LogP contribution is 2.38. The minimum atomic E-state index is -0.0516. The van der Waals surface area contributed by atoms with Crippen LogP contribution in [0.25, 0.3) is 0 Å². The first kappa shape index (κ1) is 14.6. The Hall–Kier alpha value is -0.840. The van der Waals surface area contributed by atoms with Gasteiger partial charge in [-0.25, -0.2) is 4.68 Å². The second-order valence-corrected chi connectivity index (χ2v) is 6.66. The minimum absolute atomic E-state index is 0.0516. The van der Waals surface area contributed by atoms with Crippen LogP contribution in [0.3, 0.4) is 0 Å². The van der Waals surface area contributed by atoms with Gasteiger partial charge in [0.25, 0.3) is 5.56 Å². The van der Waals surface area contributed by atoms with Crippen LogP contribution in [0.1, 0.15) is 46.5 Å². The molecule has 1 heterocycles. The lowest BCUT2D eigenvalue weighted by Gasteiger charge is -2.43. The molecule has 0 unspecified atom stereocenters. The quantitative estimate of drug-likeness (QED) is 0.901. The molecule has 0 saturated heterocycles. The fourth-order valence-corrected chi connectivity index (χ4v) is 2.89. The third-order valence-corrected chi connectivity index (χ3v) is 4.68. The maximum absolute atomic E-state index is 12.2. The fourth-order valence-electron chi connectivity index (χ4n) is 2.48. The largest absolute Gasteiger partial charge is 0.377 e. The third kappa shape index (κ3) is 3.02. The second-order valence-electron chi connectivity index (χ2n) is 5.87. The SMILES string of the molecule is CCC1(Nc2cnn(CC(C)C)c(=O)c2Br)CCC1. The summed E-state index contributed by atoms with van der Waals surface area (Å²) in [5, 5.41) is 7.78. The van der Waals surface area contributed by atoms with E-state index in [1.807, 2.05) is 0 Å². The fraction of sp³-hybridized carbons (Fsp3) is 0.714. The highest BCUT2D eigenvalue weighted by molar-refractivity contribution is 9.10. The van der Waals surface area contributed by atoms with Gasteiger partial charge in [-0.05, 0) is 47.5 Å². The topological polar surface area (TPSA) is 46.9 Å². The smallest absolute Gasteiger partial charge is 0.283 e. The normalized spacial score (nSPS) is 17.3. The van der Waals surface area contributed by atoms with E-state index in [-0.39, 0.29) is 11.1 Å². The van der Waals surface area contributed by atoms with Gasteiger partial charge in [0.15, 0.2) is 0 Å². The molecule has 0 spiro atoms. The summed E-state index contributed by atoms with van der Waals surface area (Å²) in [4.78, 5) is 12.2. The molecule has 0 atom stereocenters. The number of anilines is 1. The lowest BCUT2D eigenvalue weighted by atomic mass is 9.75. The Morgan fingerprint density at radius 3 is 2.68 bits per heavy atom. The van der Waals surface area contributed by atoms with Crippen molar-refractivity contribution in [3.63, 3.8) is 0 Å². The molecule has 1 saturated carbocycles. The van der Waals surface area contributed by atoms with Crippen LogP contribution < -0.4 is 10.9 Å². The van der Waals surface area contributed by atoms with Crippen molar-refractivity contribution >= 4 is 21.6 Å². The molecule has 1 N–H and O–H groups in total. The van der Waals surface area contributed by atoms with Gasteiger partial charge in [-0.1, -0.05) is 20.8 Å². The van der Waals surface area contributed by atoms with Gasteiger partial charge in [0, 0.05) is 12.1 Å². The number of nitrogens with zero attached hydrogens (tertiary/aromatic N) is 2. The molecule has 1 aliphatic rings. The Kier molecular flexibility index (Phi) is 4.33. The minimum Gasteiger partial charge on any atom is -0.377 e. The number of hydrogen-bond donors (Lipinski definition) is 1. The average Bonchev–Trinajstić information content (AvgIpc) is 2.32. The summed E-state index contributed by atoms with van der Waals surface area (Å²) < 4.78 is 2.13. The highest BCUT2D eigenvalue weighted by atomic mass is 79.9. The molecule has 2 rings (SSSR count). The zero-order valence-electron chi connectivity index (χ0n) is 11.9. The van der Waals surface area contributed by atoms with Gasteiger partial charge >= 0.3 is 0 Å². The number of nitrogens with one attached hydrogen (secondary N) is 1.